The molecule has 0 atom stereocenters. The Hall–Kier alpha value is -3.79. The zero-order valence-electron chi connectivity index (χ0n) is 14.7. The second-order valence-electron chi connectivity index (χ2n) is 5.52. The average Bonchev–Trinajstić information content (AvgIpc) is 2.69. The van der Waals surface area contributed by atoms with Crippen LogP contribution in [0.25, 0.3) is 0 Å². The van der Waals surface area contributed by atoms with Gasteiger partial charge in [-0.25, -0.2) is 4.79 Å². The van der Waals surface area contributed by atoms with Gasteiger partial charge in [0, 0.05) is 12.7 Å². The van der Waals surface area contributed by atoms with E-state index in [1.165, 1.54) is 13.3 Å². The van der Waals surface area contributed by atoms with Crippen LogP contribution in [0.5, 0.6) is 5.75 Å². The van der Waals surface area contributed by atoms with E-state index in [9.17, 15) is 20.0 Å². The molecule has 7 nitrogen and oxygen atoms in total. The lowest BCUT2D eigenvalue weighted by Gasteiger charge is -2.08. The van der Waals surface area contributed by atoms with Crippen LogP contribution in [0.3, 0.4) is 0 Å². The molecule has 0 saturated heterocycles. The summed E-state index contributed by atoms with van der Waals surface area (Å²) in [6, 6.07) is 15.1. The Labute approximate surface area is 156 Å². The van der Waals surface area contributed by atoms with E-state index >= 15 is 0 Å². The Bertz CT molecular complexity index is 883. The van der Waals surface area contributed by atoms with Gasteiger partial charge in [-0.2, -0.15) is 5.26 Å². The van der Waals surface area contributed by atoms with E-state index in [1.54, 1.807) is 48.5 Å². The number of nitrogens with one attached hydrogen (secondary N) is 2. The number of rotatable bonds is 7. The first-order valence-electron chi connectivity index (χ1n) is 8.15. The molecule has 138 valence electrons. The molecule has 0 fully saturated rings. The lowest BCUT2D eigenvalue weighted by atomic mass is 10.1. The number of phenolic OH excluding ortho intramolecular Hbond substituents is 1. The minimum absolute atomic E-state index is 0.125. The molecule has 0 saturated carbocycles. The maximum atomic E-state index is 12.1. The number of aromatic hydroxyl groups is 1. The molecule has 3 N–H and O–H groups in total. The van der Waals surface area contributed by atoms with Crippen molar-refractivity contribution in [2.75, 3.05) is 19.0 Å². The first-order valence-corrected chi connectivity index (χ1v) is 8.15. The van der Waals surface area contributed by atoms with Crippen molar-refractivity contribution in [3.63, 3.8) is 0 Å². The Morgan fingerprint density at radius 1 is 1.19 bits per heavy atom. The Morgan fingerprint density at radius 3 is 2.56 bits per heavy atom. The van der Waals surface area contributed by atoms with Crippen LogP contribution in [0, 0.1) is 11.3 Å². The number of para-hydroxylation sites is 1. The highest BCUT2D eigenvalue weighted by molar-refractivity contribution is 5.98. The number of hydrogen-bond donors (Lipinski definition) is 3. The zero-order chi connectivity index (χ0) is 19.6. The first-order chi connectivity index (χ1) is 13.0. The number of nitrogens with zero attached hydrogens (tertiary/aromatic N) is 1. The molecule has 1 amide bonds. The van der Waals surface area contributed by atoms with Gasteiger partial charge in [0.25, 0.3) is 5.91 Å². The molecule has 0 unspecified atom stereocenters. The molecule has 0 aliphatic heterocycles. The highest BCUT2D eigenvalue weighted by Gasteiger charge is 2.12. The summed E-state index contributed by atoms with van der Waals surface area (Å²) in [4.78, 5) is 23.9. The second-order valence-corrected chi connectivity index (χ2v) is 5.52. The summed E-state index contributed by atoms with van der Waals surface area (Å²) in [5.74, 6) is -0.876. The lowest BCUT2D eigenvalue weighted by Crippen LogP contribution is -2.27. The van der Waals surface area contributed by atoms with Crippen molar-refractivity contribution in [1.82, 2.24) is 5.32 Å². The number of esters is 1. The van der Waals surface area contributed by atoms with Gasteiger partial charge in [0.05, 0.1) is 18.4 Å². The quantitative estimate of drug-likeness (QED) is 0.395. The van der Waals surface area contributed by atoms with Crippen LogP contribution in [0.2, 0.25) is 0 Å². The molecule has 0 aliphatic carbocycles. The van der Waals surface area contributed by atoms with Gasteiger partial charge in [0.1, 0.15) is 17.4 Å². The van der Waals surface area contributed by atoms with Gasteiger partial charge < -0.3 is 20.5 Å². The van der Waals surface area contributed by atoms with E-state index in [0.717, 1.165) is 5.56 Å². The summed E-state index contributed by atoms with van der Waals surface area (Å²) >= 11 is 0. The summed E-state index contributed by atoms with van der Waals surface area (Å²) in [6.45, 7) is 0.335. The number of phenols is 1. The lowest BCUT2D eigenvalue weighted by molar-refractivity contribution is -0.117. The molecule has 2 aromatic rings. The first kappa shape index (κ1) is 19.5. The van der Waals surface area contributed by atoms with Crippen LogP contribution in [0.15, 0.2) is 60.3 Å². The van der Waals surface area contributed by atoms with Gasteiger partial charge in [-0.1, -0.05) is 24.3 Å². The molecule has 0 heterocycles. The van der Waals surface area contributed by atoms with Crippen molar-refractivity contribution in [3.8, 4) is 11.8 Å². The number of ether oxygens (including phenoxy) is 1. The number of nitriles is 1. The number of anilines is 1. The monoisotopic (exact) mass is 365 g/mol. The van der Waals surface area contributed by atoms with Crippen molar-refractivity contribution < 1.29 is 19.4 Å². The predicted octanol–water partition coefficient (Wildman–Crippen LogP) is 2.36. The molecule has 27 heavy (non-hydrogen) atoms. The van der Waals surface area contributed by atoms with Crippen molar-refractivity contribution in [2.45, 2.75) is 6.42 Å². The molecule has 7 heteroatoms. The standard InChI is InChI=1S/C20H19N3O4/c1-27-20(26)17-4-2-3-5-18(17)23-13-15(12-21)19(25)22-11-10-14-6-8-16(24)9-7-14/h2-9,13,23-24H,10-11H2,1H3,(H,22,25)/b15-13-. The fourth-order valence-electron chi connectivity index (χ4n) is 2.27. The van der Waals surface area contributed by atoms with Crippen LogP contribution in [0.4, 0.5) is 5.69 Å². The molecular weight excluding hydrogens is 346 g/mol. The summed E-state index contributed by atoms with van der Waals surface area (Å²) in [5.41, 5.74) is 1.54. The molecule has 2 aromatic carbocycles. The van der Waals surface area contributed by atoms with Crippen molar-refractivity contribution in [1.29, 1.82) is 5.26 Å². The van der Waals surface area contributed by atoms with E-state index in [-0.39, 0.29) is 11.3 Å². The Morgan fingerprint density at radius 2 is 1.89 bits per heavy atom. The summed E-state index contributed by atoms with van der Waals surface area (Å²) in [6.07, 6.45) is 1.81. The Balaban J connectivity index is 1.97. The number of carbonyl (C=O) groups excluding carboxylic acids is 2. The van der Waals surface area contributed by atoms with E-state index in [4.69, 9.17) is 4.74 Å². The van der Waals surface area contributed by atoms with E-state index in [2.05, 4.69) is 10.6 Å². The molecule has 0 bridgehead atoms. The molecule has 0 spiro atoms. The van der Waals surface area contributed by atoms with Gasteiger partial charge >= 0.3 is 5.97 Å². The van der Waals surface area contributed by atoms with Crippen LogP contribution in [0.1, 0.15) is 15.9 Å². The largest absolute Gasteiger partial charge is 0.508 e. The topological polar surface area (TPSA) is 111 Å². The zero-order valence-corrected chi connectivity index (χ0v) is 14.7. The third kappa shape index (κ3) is 5.61. The molecule has 2 rings (SSSR count). The van der Waals surface area contributed by atoms with Gasteiger partial charge in [0.2, 0.25) is 0 Å². The third-order valence-electron chi connectivity index (χ3n) is 3.71. The van der Waals surface area contributed by atoms with Gasteiger partial charge in [0.15, 0.2) is 0 Å². The minimum Gasteiger partial charge on any atom is -0.508 e. The van der Waals surface area contributed by atoms with Crippen LogP contribution in [-0.4, -0.2) is 30.6 Å². The van der Waals surface area contributed by atoms with Crippen LogP contribution >= 0.6 is 0 Å². The summed E-state index contributed by atoms with van der Waals surface area (Å²) in [5, 5.41) is 23.9. The van der Waals surface area contributed by atoms with Crippen molar-refractivity contribution >= 4 is 17.6 Å². The molecule has 0 aliphatic rings. The smallest absolute Gasteiger partial charge is 0.339 e. The van der Waals surface area contributed by atoms with Gasteiger partial charge in [-0.15, -0.1) is 0 Å². The number of methoxy groups -OCH3 is 1. The number of carbonyl (C=O) groups is 2. The fraction of sp³-hybridized carbons (Fsp3) is 0.150. The van der Waals surface area contributed by atoms with Gasteiger partial charge in [-0.3, -0.25) is 4.79 Å². The van der Waals surface area contributed by atoms with Gasteiger partial charge in [-0.05, 0) is 36.2 Å². The maximum Gasteiger partial charge on any atom is 0.339 e. The highest BCUT2D eigenvalue weighted by atomic mass is 16.5. The minimum atomic E-state index is -0.528. The normalized spacial score (nSPS) is 10.6. The number of amides is 1. The fourth-order valence-corrected chi connectivity index (χ4v) is 2.27. The SMILES string of the molecule is COC(=O)c1ccccc1N/C=C(/C#N)C(=O)NCCc1ccc(O)cc1. The van der Waals surface area contributed by atoms with Crippen LogP contribution < -0.4 is 10.6 Å². The molecule has 0 aromatic heterocycles. The van der Waals surface area contributed by atoms with E-state index < -0.39 is 11.9 Å². The second kappa shape index (κ2) is 9.63. The van der Waals surface area contributed by atoms with Crippen molar-refractivity contribution in [3.05, 3.63) is 71.4 Å². The maximum absolute atomic E-state index is 12.1. The van der Waals surface area contributed by atoms with Crippen LogP contribution in [-0.2, 0) is 16.0 Å². The predicted molar refractivity (Wildman–Crippen MR) is 99.9 cm³/mol. The number of hydrogen-bond acceptors (Lipinski definition) is 6. The highest BCUT2D eigenvalue weighted by Crippen LogP contribution is 2.16. The Kier molecular flexibility index (Phi) is 6.97. The summed E-state index contributed by atoms with van der Waals surface area (Å²) < 4.78 is 4.70. The summed E-state index contributed by atoms with van der Waals surface area (Å²) in [7, 11) is 1.28. The molecule has 0 radical (unpaired) electrons. The average molecular weight is 365 g/mol. The third-order valence-corrected chi connectivity index (χ3v) is 3.71. The van der Waals surface area contributed by atoms with E-state index in [0.29, 0.717) is 24.2 Å². The molecular formula is C20H19N3O4. The number of benzene rings is 2. The van der Waals surface area contributed by atoms with Crippen molar-refractivity contribution in [2.24, 2.45) is 0 Å². The van der Waals surface area contributed by atoms with E-state index in [1.807, 2.05) is 6.07 Å².